The minimum Gasteiger partial charge on any atom is -0.317 e. The Morgan fingerprint density at radius 1 is 1.20 bits per heavy atom. The van der Waals surface area contributed by atoms with Crippen LogP contribution in [0.15, 0.2) is 0 Å². The van der Waals surface area contributed by atoms with Crippen molar-refractivity contribution in [3.05, 3.63) is 0 Å². The highest BCUT2D eigenvalue weighted by atomic mass is 15.3. The average Bonchev–Trinajstić information content (AvgIpc) is 2.41. The minimum absolute atomic E-state index is 0.714. The molecule has 0 radical (unpaired) electrons. The van der Waals surface area contributed by atoms with Gasteiger partial charge in [0.25, 0.3) is 0 Å². The fourth-order valence-electron chi connectivity index (χ4n) is 4.24. The molecule has 1 aliphatic heterocycles. The van der Waals surface area contributed by atoms with Gasteiger partial charge in [0, 0.05) is 38.3 Å². The zero-order valence-electron chi connectivity index (χ0n) is 14.2. The van der Waals surface area contributed by atoms with Crippen LogP contribution in [0.1, 0.15) is 40.0 Å². The molecule has 0 spiro atoms. The van der Waals surface area contributed by atoms with Crippen LogP contribution < -0.4 is 5.32 Å². The number of likely N-dealkylation sites (N-methyl/N-ethyl adjacent to an activating group) is 1. The fourth-order valence-corrected chi connectivity index (χ4v) is 4.24. The lowest BCUT2D eigenvalue weighted by Crippen LogP contribution is -2.54. The molecule has 0 aromatic carbocycles. The zero-order valence-corrected chi connectivity index (χ0v) is 14.2. The van der Waals surface area contributed by atoms with Crippen molar-refractivity contribution in [1.29, 1.82) is 0 Å². The lowest BCUT2D eigenvalue weighted by atomic mass is 9.73. The Kier molecular flexibility index (Phi) is 5.88. The van der Waals surface area contributed by atoms with E-state index < -0.39 is 0 Å². The van der Waals surface area contributed by atoms with Gasteiger partial charge in [0.15, 0.2) is 0 Å². The maximum absolute atomic E-state index is 3.59. The van der Waals surface area contributed by atoms with Gasteiger partial charge in [-0.25, -0.2) is 0 Å². The first kappa shape index (κ1) is 16.3. The predicted octanol–water partition coefficient (Wildman–Crippen LogP) is 2.28. The molecule has 4 atom stereocenters. The Morgan fingerprint density at radius 2 is 1.95 bits per heavy atom. The van der Waals surface area contributed by atoms with E-state index in [9.17, 15) is 0 Å². The zero-order chi connectivity index (χ0) is 14.7. The first-order valence-corrected chi connectivity index (χ1v) is 8.61. The monoisotopic (exact) mass is 281 g/mol. The minimum atomic E-state index is 0.714. The van der Waals surface area contributed by atoms with Crippen molar-refractivity contribution in [2.45, 2.75) is 52.1 Å². The summed E-state index contributed by atoms with van der Waals surface area (Å²) in [6, 6.07) is 1.45. The van der Waals surface area contributed by atoms with E-state index in [0.29, 0.717) is 6.04 Å². The van der Waals surface area contributed by atoms with Crippen molar-refractivity contribution in [2.24, 2.45) is 17.8 Å². The predicted molar refractivity (Wildman–Crippen MR) is 87.0 cm³/mol. The molecule has 1 N–H and O–H groups in total. The molecule has 1 saturated carbocycles. The van der Waals surface area contributed by atoms with Crippen molar-refractivity contribution in [3.8, 4) is 0 Å². The normalized spacial score (nSPS) is 37.5. The molecular weight excluding hydrogens is 246 g/mol. The van der Waals surface area contributed by atoms with Gasteiger partial charge in [0.05, 0.1) is 0 Å². The van der Waals surface area contributed by atoms with Gasteiger partial charge < -0.3 is 10.2 Å². The third-order valence-electron chi connectivity index (χ3n) is 5.77. The standard InChI is InChI=1S/C17H35N3/c1-13(2)15-6-7-17(18-4)16(10-15)12-20-9-8-19(5)11-14(20)3/h13-18H,6-12H2,1-5H3. The van der Waals surface area contributed by atoms with Crippen LogP contribution in [0, 0.1) is 17.8 Å². The topological polar surface area (TPSA) is 18.5 Å². The Hall–Kier alpha value is -0.120. The van der Waals surface area contributed by atoms with E-state index in [4.69, 9.17) is 0 Å². The Morgan fingerprint density at radius 3 is 2.55 bits per heavy atom. The van der Waals surface area contributed by atoms with Crippen LogP contribution in [0.5, 0.6) is 0 Å². The molecule has 2 rings (SSSR count). The highest BCUT2D eigenvalue weighted by Crippen LogP contribution is 2.34. The largest absolute Gasteiger partial charge is 0.317 e. The van der Waals surface area contributed by atoms with E-state index in [1.165, 1.54) is 45.4 Å². The molecule has 1 saturated heterocycles. The molecule has 3 heteroatoms. The molecule has 0 aromatic rings. The maximum Gasteiger partial charge on any atom is 0.0195 e. The number of hydrogen-bond acceptors (Lipinski definition) is 3. The molecule has 20 heavy (non-hydrogen) atoms. The maximum atomic E-state index is 3.59. The van der Waals surface area contributed by atoms with E-state index in [0.717, 1.165) is 23.8 Å². The average molecular weight is 281 g/mol. The summed E-state index contributed by atoms with van der Waals surface area (Å²) in [5, 5.41) is 3.59. The molecule has 2 fully saturated rings. The second-order valence-electron chi connectivity index (χ2n) is 7.58. The van der Waals surface area contributed by atoms with Crippen LogP contribution in [-0.2, 0) is 0 Å². The van der Waals surface area contributed by atoms with Gasteiger partial charge in [-0.2, -0.15) is 0 Å². The number of nitrogens with zero attached hydrogens (tertiary/aromatic N) is 2. The van der Waals surface area contributed by atoms with E-state index in [1.807, 2.05) is 0 Å². The summed E-state index contributed by atoms with van der Waals surface area (Å²) in [6.07, 6.45) is 4.20. The van der Waals surface area contributed by atoms with Crippen LogP contribution in [-0.4, -0.2) is 62.2 Å². The van der Waals surface area contributed by atoms with Crippen LogP contribution >= 0.6 is 0 Å². The van der Waals surface area contributed by atoms with E-state index in [-0.39, 0.29) is 0 Å². The van der Waals surface area contributed by atoms with Crippen molar-refractivity contribution in [1.82, 2.24) is 15.1 Å². The molecule has 4 unspecified atom stereocenters. The Bertz CT molecular complexity index is 292. The van der Waals surface area contributed by atoms with Crippen LogP contribution in [0.2, 0.25) is 0 Å². The molecule has 1 aliphatic carbocycles. The Balaban J connectivity index is 1.93. The molecule has 118 valence electrons. The van der Waals surface area contributed by atoms with Crippen molar-refractivity contribution in [2.75, 3.05) is 40.3 Å². The summed E-state index contributed by atoms with van der Waals surface area (Å²) in [5.74, 6) is 2.62. The quantitative estimate of drug-likeness (QED) is 0.853. The lowest BCUT2D eigenvalue weighted by Gasteiger charge is -2.44. The van der Waals surface area contributed by atoms with Crippen molar-refractivity contribution in [3.63, 3.8) is 0 Å². The molecule has 2 aliphatic rings. The number of piperazine rings is 1. The smallest absolute Gasteiger partial charge is 0.0195 e. The highest BCUT2D eigenvalue weighted by Gasteiger charge is 2.33. The fraction of sp³-hybridized carbons (Fsp3) is 1.00. The summed E-state index contributed by atoms with van der Waals surface area (Å²) in [6.45, 7) is 12.2. The third-order valence-corrected chi connectivity index (χ3v) is 5.77. The highest BCUT2D eigenvalue weighted by molar-refractivity contribution is 4.89. The molecular formula is C17H35N3. The summed E-state index contributed by atoms with van der Waals surface area (Å²) in [7, 11) is 4.40. The summed E-state index contributed by atoms with van der Waals surface area (Å²) >= 11 is 0. The van der Waals surface area contributed by atoms with Crippen LogP contribution in [0.3, 0.4) is 0 Å². The van der Waals surface area contributed by atoms with Gasteiger partial charge in [0.2, 0.25) is 0 Å². The molecule has 0 aromatic heterocycles. The number of hydrogen-bond donors (Lipinski definition) is 1. The lowest BCUT2D eigenvalue weighted by molar-refractivity contribution is 0.0577. The first-order valence-electron chi connectivity index (χ1n) is 8.61. The molecule has 3 nitrogen and oxygen atoms in total. The number of rotatable bonds is 4. The summed E-state index contributed by atoms with van der Waals surface area (Å²) in [4.78, 5) is 5.20. The number of nitrogens with one attached hydrogen (secondary N) is 1. The first-order chi connectivity index (χ1) is 9.51. The summed E-state index contributed by atoms with van der Waals surface area (Å²) < 4.78 is 0. The molecule has 1 heterocycles. The second-order valence-corrected chi connectivity index (χ2v) is 7.58. The van der Waals surface area contributed by atoms with E-state index >= 15 is 0 Å². The van der Waals surface area contributed by atoms with Gasteiger partial charge in [0.1, 0.15) is 0 Å². The van der Waals surface area contributed by atoms with Crippen molar-refractivity contribution >= 4 is 0 Å². The van der Waals surface area contributed by atoms with Gasteiger partial charge in [-0.15, -0.1) is 0 Å². The van der Waals surface area contributed by atoms with Gasteiger partial charge in [-0.1, -0.05) is 13.8 Å². The van der Waals surface area contributed by atoms with Gasteiger partial charge in [-0.05, 0) is 58.0 Å². The molecule has 0 amide bonds. The van der Waals surface area contributed by atoms with Crippen molar-refractivity contribution < 1.29 is 0 Å². The van der Waals surface area contributed by atoms with Gasteiger partial charge >= 0.3 is 0 Å². The van der Waals surface area contributed by atoms with E-state index in [1.54, 1.807) is 0 Å². The van der Waals surface area contributed by atoms with Gasteiger partial charge in [-0.3, -0.25) is 4.90 Å². The Labute approximate surface area is 126 Å². The second kappa shape index (κ2) is 7.24. The van der Waals surface area contributed by atoms with E-state index in [2.05, 4.69) is 50.0 Å². The van der Waals surface area contributed by atoms with Crippen LogP contribution in [0.25, 0.3) is 0 Å². The third kappa shape index (κ3) is 3.96. The summed E-state index contributed by atoms with van der Waals surface area (Å²) in [5.41, 5.74) is 0. The van der Waals surface area contributed by atoms with Crippen LogP contribution in [0.4, 0.5) is 0 Å². The SMILES string of the molecule is CNC1CCC(C(C)C)CC1CN1CCN(C)CC1C. The molecule has 0 bridgehead atoms.